The van der Waals surface area contributed by atoms with Crippen molar-refractivity contribution in [3.05, 3.63) is 52.6 Å². The normalized spacial score (nSPS) is 11.7. The Hall–Kier alpha value is -2.61. The highest BCUT2D eigenvalue weighted by atomic mass is 16.1. The van der Waals surface area contributed by atoms with E-state index in [2.05, 4.69) is 24.1 Å². The lowest BCUT2D eigenvalue weighted by atomic mass is 10.2. The SMILES string of the molecule is CCC(C)Nc1ccc(-n2cc(C#N)ccc2=O)cn1. The Balaban J connectivity index is 2.31. The number of aromatic nitrogens is 2. The number of rotatable bonds is 4. The first-order valence-electron chi connectivity index (χ1n) is 6.50. The molecule has 2 aromatic heterocycles. The molecule has 20 heavy (non-hydrogen) atoms. The fourth-order valence-electron chi connectivity index (χ4n) is 1.72. The summed E-state index contributed by atoms with van der Waals surface area (Å²) < 4.78 is 1.42. The van der Waals surface area contributed by atoms with Crippen LogP contribution in [0.15, 0.2) is 41.5 Å². The lowest BCUT2D eigenvalue weighted by Crippen LogP contribution is -2.18. The molecular formula is C15H16N4O. The summed E-state index contributed by atoms with van der Waals surface area (Å²) in [6.07, 6.45) is 4.14. The molecule has 2 aromatic rings. The average molecular weight is 268 g/mol. The van der Waals surface area contributed by atoms with Crippen molar-refractivity contribution >= 4 is 5.82 Å². The summed E-state index contributed by atoms with van der Waals surface area (Å²) in [5, 5.41) is 12.1. The number of nitrogens with one attached hydrogen (secondary N) is 1. The van der Waals surface area contributed by atoms with Gasteiger partial charge in [0.05, 0.1) is 17.4 Å². The highest BCUT2D eigenvalue weighted by Gasteiger charge is 2.04. The molecule has 0 aromatic carbocycles. The third-order valence-electron chi connectivity index (χ3n) is 3.07. The van der Waals surface area contributed by atoms with E-state index in [9.17, 15) is 4.79 Å². The van der Waals surface area contributed by atoms with Crippen LogP contribution >= 0.6 is 0 Å². The Labute approximate surface area is 117 Å². The molecule has 0 aliphatic carbocycles. The molecule has 1 N–H and O–H groups in total. The van der Waals surface area contributed by atoms with E-state index in [4.69, 9.17) is 5.26 Å². The maximum Gasteiger partial charge on any atom is 0.255 e. The zero-order valence-electron chi connectivity index (χ0n) is 11.5. The average Bonchev–Trinajstić information content (AvgIpc) is 2.48. The van der Waals surface area contributed by atoms with Crippen molar-refractivity contribution in [1.29, 1.82) is 5.26 Å². The van der Waals surface area contributed by atoms with Crippen molar-refractivity contribution in [2.75, 3.05) is 5.32 Å². The van der Waals surface area contributed by atoms with Crippen LogP contribution in [-0.2, 0) is 0 Å². The van der Waals surface area contributed by atoms with Crippen molar-refractivity contribution < 1.29 is 0 Å². The molecule has 102 valence electrons. The summed E-state index contributed by atoms with van der Waals surface area (Å²) in [6.45, 7) is 4.18. The van der Waals surface area contributed by atoms with Gasteiger partial charge in [-0.3, -0.25) is 9.36 Å². The fourth-order valence-corrected chi connectivity index (χ4v) is 1.72. The highest BCUT2D eigenvalue weighted by molar-refractivity contribution is 5.42. The van der Waals surface area contributed by atoms with Crippen LogP contribution in [0.5, 0.6) is 0 Å². The molecular weight excluding hydrogens is 252 g/mol. The van der Waals surface area contributed by atoms with Crippen LogP contribution in [0.25, 0.3) is 5.69 Å². The summed E-state index contributed by atoms with van der Waals surface area (Å²) in [5.41, 5.74) is 0.890. The second-order valence-electron chi connectivity index (χ2n) is 4.59. The molecule has 0 saturated heterocycles. The smallest absolute Gasteiger partial charge is 0.255 e. The van der Waals surface area contributed by atoms with Gasteiger partial charge in [0, 0.05) is 18.3 Å². The number of hydrogen-bond acceptors (Lipinski definition) is 4. The summed E-state index contributed by atoms with van der Waals surface area (Å²) in [4.78, 5) is 16.1. The van der Waals surface area contributed by atoms with Crippen LogP contribution in [0.4, 0.5) is 5.82 Å². The second kappa shape index (κ2) is 6.02. The number of hydrogen-bond donors (Lipinski definition) is 1. The standard InChI is InChI=1S/C15H16N4O/c1-3-11(2)18-14-6-5-13(9-17-14)19-10-12(8-16)4-7-15(19)20/h4-7,9-11H,3H2,1-2H3,(H,17,18). The molecule has 1 unspecified atom stereocenters. The van der Waals surface area contributed by atoms with Gasteiger partial charge in [-0.05, 0) is 31.5 Å². The molecule has 0 bridgehead atoms. The van der Waals surface area contributed by atoms with Crippen molar-refractivity contribution in [3.63, 3.8) is 0 Å². The van der Waals surface area contributed by atoms with Crippen LogP contribution in [0.1, 0.15) is 25.8 Å². The third-order valence-corrected chi connectivity index (χ3v) is 3.07. The highest BCUT2D eigenvalue weighted by Crippen LogP contribution is 2.10. The van der Waals surface area contributed by atoms with Gasteiger partial charge >= 0.3 is 0 Å². The van der Waals surface area contributed by atoms with E-state index in [1.165, 1.54) is 22.9 Å². The van der Waals surface area contributed by atoms with Crippen molar-refractivity contribution in [2.45, 2.75) is 26.3 Å². The molecule has 2 rings (SSSR count). The minimum absolute atomic E-state index is 0.187. The second-order valence-corrected chi connectivity index (χ2v) is 4.59. The van der Waals surface area contributed by atoms with Gasteiger partial charge in [-0.25, -0.2) is 4.98 Å². The van der Waals surface area contributed by atoms with Crippen LogP contribution in [0.3, 0.4) is 0 Å². The van der Waals surface area contributed by atoms with Crippen molar-refractivity contribution in [3.8, 4) is 11.8 Å². The fraction of sp³-hybridized carbons (Fsp3) is 0.267. The predicted octanol–water partition coefficient (Wildman–Crippen LogP) is 2.31. The van der Waals surface area contributed by atoms with Gasteiger partial charge in [0.2, 0.25) is 0 Å². The quantitative estimate of drug-likeness (QED) is 0.923. The van der Waals surface area contributed by atoms with Crippen LogP contribution < -0.4 is 10.9 Å². The number of nitrogens with zero attached hydrogens (tertiary/aromatic N) is 3. The number of nitriles is 1. The van der Waals surface area contributed by atoms with E-state index < -0.39 is 0 Å². The summed E-state index contributed by atoms with van der Waals surface area (Å²) in [6, 6.07) is 8.88. The molecule has 0 amide bonds. The Morgan fingerprint density at radius 3 is 2.80 bits per heavy atom. The van der Waals surface area contributed by atoms with E-state index in [-0.39, 0.29) is 5.56 Å². The Morgan fingerprint density at radius 1 is 1.40 bits per heavy atom. The molecule has 5 nitrogen and oxygen atoms in total. The lowest BCUT2D eigenvalue weighted by molar-refractivity contribution is 0.759. The van der Waals surface area contributed by atoms with Crippen LogP contribution in [0.2, 0.25) is 0 Å². The van der Waals surface area contributed by atoms with Crippen molar-refractivity contribution in [1.82, 2.24) is 9.55 Å². The minimum atomic E-state index is -0.187. The molecule has 0 radical (unpaired) electrons. The Morgan fingerprint density at radius 2 is 2.20 bits per heavy atom. The molecule has 0 fully saturated rings. The summed E-state index contributed by atoms with van der Waals surface area (Å²) in [7, 11) is 0. The molecule has 0 spiro atoms. The maximum atomic E-state index is 11.8. The molecule has 0 aliphatic heterocycles. The molecule has 5 heteroatoms. The first-order valence-corrected chi connectivity index (χ1v) is 6.50. The molecule has 1 atom stereocenters. The van der Waals surface area contributed by atoms with Gasteiger partial charge in [-0.15, -0.1) is 0 Å². The van der Waals surface area contributed by atoms with E-state index in [1.54, 1.807) is 12.3 Å². The van der Waals surface area contributed by atoms with E-state index in [0.717, 1.165) is 12.2 Å². The Kier molecular flexibility index (Phi) is 4.16. The van der Waals surface area contributed by atoms with E-state index in [0.29, 0.717) is 17.3 Å². The number of pyridine rings is 2. The minimum Gasteiger partial charge on any atom is -0.368 e. The van der Waals surface area contributed by atoms with Gasteiger partial charge in [-0.1, -0.05) is 6.92 Å². The lowest BCUT2D eigenvalue weighted by Gasteiger charge is -2.12. The maximum absolute atomic E-state index is 11.8. The van der Waals surface area contributed by atoms with Gasteiger partial charge in [0.15, 0.2) is 0 Å². The van der Waals surface area contributed by atoms with E-state index >= 15 is 0 Å². The molecule has 0 aliphatic rings. The molecule has 2 heterocycles. The third kappa shape index (κ3) is 3.04. The van der Waals surface area contributed by atoms with Gasteiger partial charge in [0.25, 0.3) is 5.56 Å². The first kappa shape index (κ1) is 13.8. The van der Waals surface area contributed by atoms with Gasteiger partial charge < -0.3 is 5.32 Å². The molecule has 0 saturated carbocycles. The predicted molar refractivity (Wildman–Crippen MR) is 77.9 cm³/mol. The first-order chi connectivity index (χ1) is 9.63. The zero-order chi connectivity index (χ0) is 14.5. The number of anilines is 1. The monoisotopic (exact) mass is 268 g/mol. The Bertz CT molecular complexity index is 682. The summed E-state index contributed by atoms with van der Waals surface area (Å²) >= 11 is 0. The van der Waals surface area contributed by atoms with E-state index in [1.807, 2.05) is 12.1 Å². The van der Waals surface area contributed by atoms with Gasteiger partial charge in [0.1, 0.15) is 11.9 Å². The van der Waals surface area contributed by atoms with Crippen LogP contribution in [0, 0.1) is 11.3 Å². The van der Waals surface area contributed by atoms with Crippen molar-refractivity contribution in [2.24, 2.45) is 0 Å². The van der Waals surface area contributed by atoms with Crippen LogP contribution in [-0.4, -0.2) is 15.6 Å². The topological polar surface area (TPSA) is 70.7 Å². The summed E-state index contributed by atoms with van der Waals surface area (Å²) in [5.74, 6) is 0.771. The van der Waals surface area contributed by atoms with Gasteiger partial charge in [-0.2, -0.15) is 5.26 Å². The largest absolute Gasteiger partial charge is 0.368 e. The zero-order valence-corrected chi connectivity index (χ0v) is 11.5.